The molecule has 6 N–H and O–H groups in total. The molecule has 1 unspecified atom stereocenters. The van der Waals surface area contributed by atoms with Gasteiger partial charge in [0.15, 0.2) is 23.3 Å². The summed E-state index contributed by atoms with van der Waals surface area (Å²) in [7, 11) is 0. The van der Waals surface area contributed by atoms with Crippen LogP contribution in [-0.2, 0) is 12.8 Å². The molecular formula is C22H24F6O6. The van der Waals surface area contributed by atoms with Crippen LogP contribution in [0.5, 0.6) is 0 Å². The van der Waals surface area contributed by atoms with Crippen molar-refractivity contribution in [1.82, 2.24) is 0 Å². The lowest BCUT2D eigenvalue weighted by Gasteiger charge is -2.45. The number of rotatable bonds is 10. The quantitative estimate of drug-likeness (QED) is 0.217. The van der Waals surface area contributed by atoms with Gasteiger partial charge < -0.3 is 30.6 Å². The largest absolute Gasteiger partial charge is 0.394 e. The first-order chi connectivity index (χ1) is 15.7. The van der Waals surface area contributed by atoms with Gasteiger partial charge in [0.1, 0.15) is 35.5 Å². The van der Waals surface area contributed by atoms with Gasteiger partial charge in [-0.3, -0.25) is 0 Å². The molecule has 0 aliphatic rings. The van der Waals surface area contributed by atoms with E-state index in [-0.39, 0.29) is 12.1 Å². The van der Waals surface area contributed by atoms with E-state index in [1.807, 2.05) is 0 Å². The number of hydrogen-bond acceptors (Lipinski definition) is 6. The Morgan fingerprint density at radius 3 is 1.53 bits per heavy atom. The van der Waals surface area contributed by atoms with Crippen LogP contribution in [0, 0.1) is 34.9 Å². The second-order valence-corrected chi connectivity index (χ2v) is 8.11. The maximum atomic E-state index is 14.2. The molecule has 0 radical (unpaired) electrons. The van der Waals surface area contributed by atoms with E-state index in [0.717, 1.165) is 0 Å². The second kappa shape index (κ2) is 10.6. The maximum Gasteiger partial charge on any atom is 0.161 e. The first-order valence-corrected chi connectivity index (χ1v) is 10.1. The molecule has 34 heavy (non-hydrogen) atoms. The van der Waals surface area contributed by atoms with Crippen LogP contribution < -0.4 is 0 Å². The topological polar surface area (TPSA) is 121 Å². The summed E-state index contributed by atoms with van der Waals surface area (Å²) >= 11 is 0. The third-order valence-corrected chi connectivity index (χ3v) is 5.81. The van der Waals surface area contributed by atoms with Crippen molar-refractivity contribution < 1.29 is 57.0 Å². The van der Waals surface area contributed by atoms with E-state index in [1.54, 1.807) is 0 Å². The highest BCUT2D eigenvalue weighted by Gasteiger charge is 2.54. The number of aliphatic hydroxyl groups excluding tert-OH is 4. The van der Waals surface area contributed by atoms with Crippen LogP contribution in [0.25, 0.3) is 0 Å². The lowest BCUT2D eigenvalue weighted by molar-refractivity contribution is -0.229. The van der Waals surface area contributed by atoms with Crippen molar-refractivity contribution in [2.75, 3.05) is 6.61 Å². The predicted molar refractivity (Wildman–Crippen MR) is 105 cm³/mol. The highest BCUT2D eigenvalue weighted by molar-refractivity contribution is 5.26. The summed E-state index contributed by atoms with van der Waals surface area (Å²) in [5, 5.41) is 62.6. The van der Waals surface area contributed by atoms with E-state index in [1.165, 1.54) is 6.92 Å². The molecule has 0 aliphatic carbocycles. The monoisotopic (exact) mass is 498 g/mol. The Bertz CT molecular complexity index is 1020. The van der Waals surface area contributed by atoms with Crippen LogP contribution >= 0.6 is 0 Å². The fourth-order valence-electron chi connectivity index (χ4n) is 3.71. The standard InChI is InChI=1S/C22H24F6O6/c1-2-21(33,7-10-3-14(25)16(27)5-12(10)23)20(32)22(34,19(31)18(30)9-29)8-11-4-15(26)17(28)6-13(11)24/h3-6,18-20,29-34H,2,7-9H2,1H3/t18-,19+,20+,21?,22+/m0/s1. The van der Waals surface area contributed by atoms with Gasteiger partial charge in [-0.25, -0.2) is 26.3 Å². The Morgan fingerprint density at radius 2 is 1.12 bits per heavy atom. The van der Waals surface area contributed by atoms with Crippen LogP contribution in [0.1, 0.15) is 24.5 Å². The van der Waals surface area contributed by atoms with Crippen molar-refractivity contribution in [2.24, 2.45) is 0 Å². The second-order valence-electron chi connectivity index (χ2n) is 8.11. The summed E-state index contributed by atoms with van der Waals surface area (Å²) in [6.07, 6.45) is -9.96. The van der Waals surface area contributed by atoms with E-state index in [0.29, 0.717) is 12.1 Å². The van der Waals surface area contributed by atoms with E-state index in [4.69, 9.17) is 5.11 Å². The molecule has 0 bridgehead atoms. The average molecular weight is 498 g/mol. The lowest BCUT2D eigenvalue weighted by Crippen LogP contribution is -2.66. The van der Waals surface area contributed by atoms with Crippen molar-refractivity contribution in [3.8, 4) is 0 Å². The minimum atomic E-state index is -3.15. The van der Waals surface area contributed by atoms with Gasteiger partial charge in [0.25, 0.3) is 0 Å². The minimum absolute atomic E-state index is 0.120. The van der Waals surface area contributed by atoms with Crippen LogP contribution in [0.4, 0.5) is 26.3 Å². The van der Waals surface area contributed by atoms with Gasteiger partial charge in [-0.15, -0.1) is 0 Å². The Labute approximate surface area is 190 Å². The van der Waals surface area contributed by atoms with Gasteiger partial charge in [-0.2, -0.15) is 0 Å². The summed E-state index contributed by atoms with van der Waals surface area (Å²) in [5.74, 6) is -8.89. The van der Waals surface area contributed by atoms with Crippen LogP contribution in [0.3, 0.4) is 0 Å². The molecule has 0 saturated carbocycles. The zero-order chi connectivity index (χ0) is 26.0. The van der Waals surface area contributed by atoms with Crippen LogP contribution in [0.15, 0.2) is 24.3 Å². The molecule has 5 atom stereocenters. The molecule has 2 aromatic carbocycles. The first-order valence-electron chi connectivity index (χ1n) is 10.1. The molecule has 0 aromatic heterocycles. The van der Waals surface area contributed by atoms with Crippen LogP contribution in [-0.4, -0.2) is 66.8 Å². The molecule has 12 heteroatoms. The third kappa shape index (κ3) is 5.53. The summed E-state index contributed by atoms with van der Waals surface area (Å²) < 4.78 is 82.2. The predicted octanol–water partition coefficient (Wildman–Crippen LogP) is 1.25. The molecule has 0 saturated heterocycles. The molecule has 0 amide bonds. The van der Waals surface area contributed by atoms with E-state index in [9.17, 15) is 51.9 Å². The Hall–Kier alpha value is -2.22. The minimum Gasteiger partial charge on any atom is -0.394 e. The van der Waals surface area contributed by atoms with Gasteiger partial charge in [-0.05, 0) is 29.7 Å². The van der Waals surface area contributed by atoms with E-state index in [2.05, 4.69) is 0 Å². The normalized spacial score (nSPS) is 18.1. The Morgan fingerprint density at radius 1 is 0.706 bits per heavy atom. The molecular weight excluding hydrogens is 474 g/mol. The Kier molecular flexibility index (Phi) is 8.72. The van der Waals surface area contributed by atoms with Gasteiger partial charge in [0, 0.05) is 25.0 Å². The number of benzene rings is 2. The SMILES string of the molecule is CCC(O)(Cc1cc(F)c(F)cc1F)[C@@H](O)[C@@](O)(Cc1cc(F)c(F)cc1F)[C@H](O)[C@@H](O)CO. The highest BCUT2D eigenvalue weighted by Crippen LogP contribution is 2.35. The lowest BCUT2D eigenvalue weighted by atomic mass is 9.72. The van der Waals surface area contributed by atoms with Crippen molar-refractivity contribution >= 4 is 0 Å². The molecule has 0 heterocycles. The molecule has 0 fully saturated rings. The fourth-order valence-corrected chi connectivity index (χ4v) is 3.71. The van der Waals surface area contributed by atoms with Crippen molar-refractivity contribution in [1.29, 1.82) is 0 Å². The van der Waals surface area contributed by atoms with Gasteiger partial charge in [0.05, 0.1) is 12.2 Å². The Balaban J connectivity index is 2.57. The van der Waals surface area contributed by atoms with Crippen LogP contribution in [0.2, 0.25) is 0 Å². The number of aliphatic hydroxyl groups is 6. The molecule has 0 aliphatic heterocycles. The van der Waals surface area contributed by atoms with Crippen molar-refractivity contribution in [3.63, 3.8) is 0 Å². The molecule has 6 nitrogen and oxygen atoms in total. The zero-order valence-corrected chi connectivity index (χ0v) is 17.8. The summed E-state index contributed by atoms with van der Waals surface area (Å²) in [4.78, 5) is 0. The van der Waals surface area contributed by atoms with Gasteiger partial charge in [0.2, 0.25) is 0 Å². The van der Waals surface area contributed by atoms with Crippen molar-refractivity contribution in [3.05, 3.63) is 70.3 Å². The summed E-state index contributed by atoms with van der Waals surface area (Å²) in [6.45, 7) is 0.0488. The zero-order valence-electron chi connectivity index (χ0n) is 17.8. The highest BCUT2D eigenvalue weighted by atomic mass is 19.2. The first kappa shape index (κ1) is 28.0. The van der Waals surface area contributed by atoms with E-state index >= 15 is 0 Å². The summed E-state index contributed by atoms with van der Waals surface area (Å²) in [6, 6.07) is 1.00. The van der Waals surface area contributed by atoms with E-state index < -0.39 is 101 Å². The average Bonchev–Trinajstić information content (AvgIpc) is 2.79. The van der Waals surface area contributed by atoms with Gasteiger partial charge >= 0.3 is 0 Å². The molecule has 0 spiro atoms. The van der Waals surface area contributed by atoms with Gasteiger partial charge in [-0.1, -0.05) is 6.92 Å². The molecule has 2 rings (SSSR count). The maximum absolute atomic E-state index is 14.2. The van der Waals surface area contributed by atoms with Crippen molar-refractivity contribution in [2.45, 2.75) is 55.7 Å². The fraction of sp³-hybridized carbons (Fsp3) is 0.455. The molecule has 190 valence electrons. The number of hydrogen-bond donors (Lipinski definition) is 6. The molecule has 2 aromatic rings. The number of halogens is 6. The smallest absolute Gasteiger partial charge is 0.161 e. The third-order valence-electron chi connectivity index (χ3n) is 5.81. The summed E-state index contributed by atoms with van der Waals surface area (Å²) in [5.41, 5.74) is -7.19.